The molecule has 66 valence electrons. The zero-order valence-electron chi connectivity index (χ0n) is 6.95. The first kappa shape index (κ1) is 8.60. The van der Waals surface area contributed by atoms with E-state index < -0.39 is 0 Å². The molecule has 0 saturated carbocycles. The van der Waals surface area contributed by atoms with Gasteiger partial charge in [0.2, 0.25) is 0 Å². The molecule has 1 atom stereocenters. The molecule has 1 aromatic rings. The second-order valence-electron chi connectivity index (χ2n) is 3.10. The van der Waals surface area contributed by atoms with E-state index in [2.05, 4.69) is 22.8 Å². The molecule has 1 fully saturated rings. The zero-order chi connectivity index (χ0) is 8.23. The highest BCUT2D eigenvalue weighted by molar-refractivity contribution is 8.01. The summed E-state index contributed by atoms with van der Waals surface area (Å²) >= 11 is 3.85. The average Bonchev–Trinajstić information content (AvgIpc) is 2.74. The molecule has 0 aromatic carbocycles. The van der Waals surface area contributed by atoms with Gasteiger partial charge in [0.05, 0.1) is 4.21 Å². The third kappa shape index (κ3) is 2.25. The SMILES string of the molecule is c1csc(SCC2CCNC2)c1. The molecule has 2 heterocycles. The molecule has 1 aliphatic rings. The lowest BCUT2D eigenvalue weighted by molar-refractivity contribution is 0.663. The third-order valence-electron chi connectivity index (χ3n) is 2.12. The van der Waals surface area contributed by atoms with Crippen LogP contribution in [-0.4, -0.2) is 18.8 Å². The van der Waals surface area contributed by atoms with Gasteiger partial charge in [-0.15, -0.1) is 23.1 Å². The molecule has 3 heteroatoms. The highest BCUT2D eigenvalue weighted by Crippen LogP contribution is 2.26. The van der Waals surface area contributed by atoms with E-state index in [1.54, 1.807) is 0 Å². The minimum Gasteiger partial charge on any atom is -0.316 e. The van der Waals surface area contributed by atoms with Crippen molar-refractivity contribution in [3.05, 3.63) is 17.5 Å². The summed E-state index contributed by atoms with van der Waals surface area (Å²) < 4.78 is 1.46. The Hall–Kier alpha value is 0.01000. The summed E-state index contributed by atoms with van der Waals surface area (Å²) in [6, 6.07) is 4.33. The van der Waals surface area contributed by atoms with Gasteiger partial charge in [-0.2, -0.15) is 0 Å². The highest BCUT2D eigenvalue weighted by atomic mass is 32.2. The van der Waals surface area contributed by atoms with Crippen LogP contribution in [-0.2, 0) is 0 Å². The molecule has 0 amide bonds. The van der Waals surface area contributed by atoms with Crippen LogP contribution in [0.4, 0.5) is 0 Å². The Labute approximate surface area is 81.6 Å². The molecular formula is C9H13NS2. The fourth-order valence-corrected chi connectivity index (χ4v) is 3.35. The summed E-state index contributed by atoms with van der Waals surface area (Å²) in [5, 5.41) is 5.54. The topological polar surface area (TPSA) is 12.0 Å². The molecule has 1 N–H and O–H groups in total. The van der Waals surface area contributed by atoms with Gasteiger partial charge in [0.15, 0.2) is 0 Å². The maximum absolute atomic E-state index is 3.39. The second-order valence-corrected chi connectivity index (χ2v) is 5.37. The van der Waals surface area contributed by atoms with Gasteiger partial charge in [0.1, 0.15) is 0 Å². The standard InChI is InChI=1S/C9H13NS2/c1-2-9(11-5-1)12-7-8-3-4-10-6-8/h1-2,5,8,10H,3-4,6-7H2. The minimum absolute atomic E-state index is 0.900. The lowest BCUT2D eigenvalue weighted by Gasteiger charge is -2.04. The molecule has 0 bridgehead atoms. The Morgan fingerprint density at radius 3 is 3.33 bits per heavy atom. The van der Waals surface area contributed by atoms with Crippen LogP contribution in [0, 0.1) is 5.92 Å². The summed E-state index contributed by atoms with van der Waals surface area (Å²) in [6.45, 7) is 2.44. The Balaban J connectivity index is 1.74. The van der Waals surface area contributed by atoms with Crippen molar-refractivity contribution in [3.8, 4) is 0 Å². The van der Waals surface area contributed by atoms with Gasteiger partial charge < -0.3 is 5.32 Å². The van der Waals surface area contributed by atoms with Crippen molar-refractivity contribution >= 4 is 23.1 Å². The van der Waals surface area contributed by atoms with E-state index in [9.17, 15) is 0 Å². The number of rotatable bonds is 3. The van der Waals surface area contributed by atoms with Gasteiger partial charge in [-0.05, 0) is 36.9 Å². The van der Waals surface area contributed by atoms with Crippen LogP contribution in [0.2, 0.25) is 0 Å². The number of hydrogen-bond donors (Lipinski definition) is 1. The maximum Gasteiger partial charge on any atom is 0.0598 e. The second kappa shape index (κ2) is 4.30. The van der Waals surface area contributed by atoms with Crippen molar-refractivity contribution < 1.29 is 0 Å². The van der Waals surface area contributed by atoms with Crippen molar-refractivity contribution in [2.45, 2.75) is 10.6 Å². The molecular weight excluding hydrogens is 186 g/mol. The van der Waals surface area contributed by atoms with Crippen LogP contribution < -0.4 is 5.32 Å². The molecule has 1 unspecified atom stereocenters. The predicted octanol–water partition coefficient (Wildman–Crippen LogP) is 2.45. The van der Waals surface area contributed by atoms with E-state index in [1.807, 2.05) is 23.1 Å². The predicted molar refractivity (Wildman–Crippen MR) is 56.0 cm³/mol. The van der Waals surface area contributed by atoms with Gasteiger partial charge in [0, 0.05) is 5.75 Å². The normalized spacial score (nSPS) is 23.2. The lowest BCUT2D eigenvalue weighted by Crippen LogP contribution is -2.10. The van der Waals surface area contributed by atoms with Crippen molar-refractivity contribution in [1.29, 1.82) is 0 Å². The van der Waals surface area contributed by atoms with Crippen molar-refractivity contribution in [3.63, 3.8) is 0 Å². The van der Waals surface area contributed by atoms with Gasteiger partial charge in [-0.1, -0.05) is 6.07 Å². The van der Waals surface area contributed by atoms with Crippen LogP contribution in [0.5, 0.6) is 0 Å². The number of nitrogens with one attached hydrogen (secondary N) is 1. The summed E-state index contributed by atoms with van der Waals surface area (Å²) in [5.74, 6) is 2.19. The molecule has 1 nitrogen and oxygen atoms in total. The minimum atomic E-state index is 0.900. The number of thiophene rings is 1. The lowest BCUT2D eigenvalue weighted by atomic mass is 10.2. The summed E-state index contributed by atoms with van der Waals surface area (Å²) in [6.07, 6.45) is 1.36. The number of hydrogen-bond acceptors (Lipinski definition) is 3. The van der Waals surface area contributed by atoms with E-state index in [4.69, 9.17) is 0 Å². The Morgan fingerprint density at radius 2 is 2.67 bits per heavy atom. The van der Waals surface area contributed by atoms with E-state index in [0.29, 0.717) is 0 Å². The Morgan fingerprint density at radius 1 is 1.67 bits per heavy atom. The van der Waals surface area contributed by atoms with Crippen LogP contribution in [0.15, 0.2) is 21.7 Å². The first-order valence-electron chi connectivity index (χ1n) is 4.32. The average molecular weight is 199 g/mol. The van der Waals surface area contributed by atoms with E-state index in [1.165, 1.54) is 29.5 Å². The molecule has 0 radical (unpaired) electrons. The fourth-order valence-electron chi connectivity index (χ4n) is 1.40. The van der Waals surface area contributed by atoms with Crippen molar-refractivity contribution in [2.75, 3.05) is 18.8 Å². The third-order valence-corrected chi connectivity index (χ3v) is 4.48. The maximum atomic E-state index is 3.39. The largest absolute Gasteiger partial charge is 0.316 e. The monoisotopic (exact) mass is 199 g/mol. The first-order valence-corrected chi connectivity index (χ1v) is 6.19. The van der Waals surface area contributed by atoms with Crippen LogP contribution in [0.3, 0.4) is 0 Å². The molecule has 1 aliphatic heterocycles. The number of thioether (sulfide) groups is 1. The van der Waals surface area contributed by atoms with Gasteiger partial charge in [0.25, 0.3) is 0 Å². The van der Waals surface area contributed by atoms with Gasteiger partial charge >= 0.3 is 0 Å². The molecule has 12 heavy (non-hydrogen) atoms. The van der Waals surface area contributed by atoms with Gasteiger partial charge in [-0.25, -0.2) is 0 Å². The van der Waals surface area contributed by atoms with Crippen LogP contribution in [0.1, 0.15) is 6.42 Å². The van der Waals surface area contributed by atoms with Crippen LogP contribution >= 0.6 is 23.1 Å². The molecule has 1 saturated heterocycles. The Kier molecular flexibility index (Phi) is 3.08. The Bertz CT molecular complexity index is 214. The van der Waals surface area contributed by atoms with Crippen molar-refractivity contribution in [1.82, 2.24) is 5.32 Å². The molecule has 1 aromatic heterocycles. The van der Waals surface area contributed by atoms with E-state index in [0.717, 1.165) is 5.92 Å². The summed E-state index contributed by atoms with van der Waals surface area (Å²) in [5.41, 5.74) is 0. The van der Waals surface area contributed by atoms with Crippen LogP contribution in [0.25, 0.3) is 0 Å². The molecule has 0 aliphatic carbocycles. The van der Waals surface area contributed by atoms with E-state index >= 15 is 0 Å². The van der Waals surface area contributed by atoms with Gasteiger partial charge in [-0.3, -0.25) is 0 Å². The molecule has 0 spiro atoms. The zero-order valence-corrected chi connectivity index (χ0v) is 8.59. The smallest absolute Gasteiger partial charge is 0.0598 e. The van der Waals surface area contributed by atoms with E-state index in [-0.39, 0.29) is 0 Å². The quantitative estimate of drug-likeness (QED) is 0.750. The van der Waals surface area contributed by atoms with Crippen molar-refractivity contribution in [2.24, 2.45) is 5.92 Å². The highest BCUT2D eigenvalue weighted by Gasteiger charge is 2.14. The first-order chi connectivity index (χ1) is 5.95. The summed E-state index contributed by atoms with van der Waals surface area (Å²) in [7, 11) is 0. The fraction of sp³-hybridized carbons (Fsp3) is 0.556. The summed E-state index contributed by atoms with van der Waals surface area (Å²) in [4.78, 5) is 0. The molecule has 2 rings (SSSR count).